The SMILES string of the molecule is CCCC(=O)OCC1CCCC(CC(O)C(F)(F)F)C1. The molecular formula is C14H23F3O3. The second-order valence-electron chi connectivity index (χ2n) is 5.62. The Bertz CT molecular complexity index is 305. The predicted molar refractivity (Wildman–Crippen MR) is 68.0 cm³/mol. The molecule has 1 fully saturated rings. The van der Waals surface area contributed by atoms with Crippen molar-refractivity contribution in [2.45, 2.75) is 64.1 Å². The van der Waals surface area contributed by atoms with E-state index in [-0.39, 0.29) is 30.8 Å². The Balaban J connectivity index is 2.33. The molecule has 0 aromatic heterocycles. The third kappa shape index (κ3) is 6.11. The standard InChI is InChI=1S/C14H23F3O3/c1-2-4-13(19)20-9-11-6-3-5-10(7-11)8-12(18)14(15,16)17/h10-12,18H,2-9H2,1H3. The van der Waals surface area contributed by atoms with Crippen LogP contribution in [0.1, 0.15) is 51.9 Å². The molecule has 1 saturated carbocycles. The zero-order valence-electron chi connectivity index (χ0n) is 11.8. The maximum atomic E-state index is 12.3. The smallest absolute Gasteiger partial charge is 0.414 e. The molecule has 3 unspecified atom stereocenters. The van der Waals surface area contributed by atoms with Crippen molar-refractivity contribution < 1.29 is 27.8 Å². The summed E-state index contributed by atoms with van der Waals surface area (Å²) in [6.07, 6.45) is -2.94. The summed E-state index contributed by atoms with van der Waals surface area (Å²) in [4.78, 5) is 11.3. The van der Waals surface area contributed by atoms with Crippen LogP contribution in [0.2, 0.25) is 0 Å². The van der Waals surface area contributed by atoms with E-state index in [1.807, 2.05) is 6.92 Å². The largest absolute Gasteiger partial charge is 0.465 e. The van der Waals surface area contributed by atoms with E-state index in [0.29, 0.717) is 19.3 Å². The van der Waals surface area contributed by atoms with E-state index in [2.05, 4.69) is 0 Å². The minimum atomic E-state index is -4.54. The number of carbonyl (C=O) groups is 1. The first-order valence-electron chi connectivity index (χ1n) is 7.23. The van der Waals surface area contributed by atoms with Crippen LogP contribution in [-0.4, -0.2) is 30.0 Å². The van der Waals surface area contributed by atoms with E-state index in [1.165, 1.54) is 0 Å². The molecule has 0 radical (unpaired) electrons. The summed E-state index contributed by atoms with van der Waals surface area (Å²) in [5.74, 6) is -0.268. The van der Waals surface area contributed by atoms with Crippen molar-refractivity contribution in [3.8, 4) is 0 Å². The van der Waals surface area contributed by atoms with Gasteiger partial charge in [-0.15, -0.1) is 0 Å². The number of aliphatic hydroxyl groups excluding tert-OH is 1. The van der Waals surface area contributed by atoms with Gasteiger partial charge in [0.25, 0.3) is 0 Å². The fourth-order valence-corrected chi connectivity index (χ4v) is 2.70. The van der Waals surface area contributed by atoms with E-state index in [0.717, 1.165) is 19.3 Å². The Hall–Kier alpha value is -0.780. The normalized spacial score (nSPS) is 25.2. The summed E-state index contributed by atoms with van der Waals surface area (Å²) in [5.41, 5.74) is 0. The van der Waals surface area contributed by atoms with Crippen LogP contribution < -0.4 is 0 Å². The van der Waals surface area contributed by atoms with Crippen molar-refractivity contribution in [3.63, 3.8) is 0 Å². The van der Waals surface area contributed by atoms with Crippen molar-refractivity contribution >= 4 is 5.97 Å². The molecule has 20 heavy (non-hydrogen) atoms. The third-order valence-electron chi connectivity index (χ3n) is 3.76. The predicted octanol–water partition coefficient (Wildman–Crippen LogP) is 3.45. The molecule has 1 rings (SSSR count). The van der Waals surface area contributed by atoms with Crippen LogP contribution in [0.4, 0.5) is 13.2 Å². The zero-order valence-corrected chi connectivity index (χ0v) is 11.8. The highest BCUT2D eigenvalue weighted by molar-refractivity contribution is 5.69. The third-order valence-corrected chi connectivity index (χ3v) is 3.76. The van der Waals surface area contributed by atoms with E-state index in [4.69, 9.17) is 9.84 Å². The summed E-state index contributed by atoms with van der Waals surface area (Å²) >= 11 is 0. The molecule has 3 atom stereocenters. The first-order chi connectivity index (χ1) is 9.32. The number of alkyl halides is 3. The lowest BCUT2D eigenvalue weighted by molar-refractivity contribution is -0.209. The fourth-order valence-electron chi connectivity index (χ4n) is 2.70. The highest BCUT2D eigenvalue weighted by Gasteiger charge is 2.40. The van der Waals surface area contributed by atoms with Crippen molar-refractivity contribution in [1.29, 1.82) is 0 Å². The van der Waals surface area contributed by atoms with Gasteiger partial charge in [0, 0.05) is 6.42 Å². The number of rotatable bonds is 6. The Morgan fingerprint density at radius 2 is 2.00 bits per heavy atom. The quantitative estimate of drug-likeness (QED) is 0.764. The summed E-state index contributed by atoms with van der Waals surface area (Å²) in [6.45, 7) is 2.17. The minimum absolute atomic E-state index is 0.120. The second kappa shape index (κ2) is 7.86. The number of ether oxygens (including phenoxy) is 1. The Labute approximate surface area is 117 Å². The van der Waals surface area contributed by atoms with Crippen LogP contribution in [0.15, 0.2) is 0 Å². The zero-order chi connectivity index (χ0) is 15.2. The van der Waals surface area contributed by atoms with Gasteiger partial charge >= 0.3 is 12.1 Å². The van der Waals surface area contributed by atoms with Crippen molar-refractivity contribution in [2.24, 2.45) is 11.8 Å². The molecule has 0 saturated heterocycles. The summed E-state index contributed by atoms with van der Waals surface area (Å²) < 4.78 is 42.1. The summed E-state index contributed by atoms with van der Waals surface area (Å²) in [7, 11) is 0. The van der Waals surface area contributed by atoms with E-state index < -0.39 is 12.3 Å². The molecule has 1 aliphatic rings. The molecule has 118 valence electrons. The van der Waals surface area contributed by atoms with Crippen LogP contribution >= 0.6 is 0 Å². The van der Waals surface area contributed by atoms with Crippen molar-refractivity contribution in [2.75, 3.05) is 6.61 Å². The molecule has 0 aromatic rings. The molecule has 0 aliphatic heterocycles. The van der Waals surface area contributed by atoms with E-state index >= 15 is 0 Å². The molecule has 0 heterocycles. The number of carbonyl (C=O) groups excluding carboxylic acids is 1. The van der Waals surface area contributed by atoms with Gasteiger partial charge in [-0.1, -0.05) is 19.8 Å². The number of esters is 1. The lowest BCUT2D eigenvalue weighted by Gasteiger charge is -2.30. The van der Waals surface area contributed by atoms with Gasteiger partial charge < -0.3 is 9.84 Å². The van der Waals surface area contributed by atoms with Crippen LogP contribution in [0.5, 0.6) is 0 Å². The number of hydrogen-bond acceptors (Lipinski definition) is 3. The van der Waals surface area contributed by atoms with Gasteiger partial charge in [0.1, 0.15) is 6.10 Å². The van der Waals surface area contributed by atoms with Crippen molar-refractivity contribution in [1.82, 2.24) is 0 Å². The summed E-state index contributed by atoms with van der Waals surface area (Å²) in [5, 5.41) is 9.10. The highest BCUT2D eigenvalue weighted by atomic mass is 19.4. The average Bonchev–Trinajstić information content (AvgIpc) is 2.36. The molecule has 1 aliphatic carbocycles. The van der Waals surface area contributed by atoms with Crippen LogP contribution in [0.3, 0.4) is 0 Å². The van der Waals surface area contributed by atoms with E-state index in [1.54, 1.807) is 0 Å². The number of aliphatic hydroxyl groups is 1. The van der Waals surface area contributed by atoms with Crippen LogP contribution in [0.25, 0.3) is 0 Å². The topological polar surface area (TPSA) is 46.5 Å². The van der Waals surface area contributed by atoms with Gasteiger partial charge in [-0.3, -0.25) is 4.79 Å². The molecular weight excluding hydrogens is 273 g/mol. The molecule has 6 heteroatoms. The van der Waals surface area contributed by atoms with Gasteiger partial charge in [0.05, 0.1) is 6.61 Å². The van der Waals surface area contributed by atoms with Gasteiger partial charge in [0.2, 0.25) is 0 Å². The second-order valence-corrected chi connectivity index (χ2v) is 5.62. The first-order valence-corrected chi connectivity index (χ1v) is 7.23. The van der Waals surface area contributed by atoms with Crippen LogP contribution in [-0.2, 0) is 9.53 Å². The molecule has 1 N–H and O–H groups in total. The Morgan fingerprint density at radius 1 is 1.35 bits per heavy atom. The first kappa shape index (κ1) is 17.3. The maximum absolute atomic E-state index is 12.3. The van der Waals surface area contributed by atoms with Gasteiger partial charge in [-0.25, -0.2) is 0 Å². The molecule has 0 bridgehead atoms. The van der Waals surface area contributed by atoms with Crippen molar-refractivity contribution in [3.05, 3.63) is 0 Å². The lowest BCUT2D eigenvalue weighted by Crippen LogP contribution is -2.32. The van der Waals surface area contributed by atoms with Crippen LogP contribution in [0, 0.1) is 11.8 Å². The Kier molecular flexibility index (Phi) is 6.79. The monoisotopic (exact) mass is 296 g/mol. The van der Waals surface area contributed by atoms with E-state index in [9.17, 15) is 18.0 Å². The summed E-state index contributed by atoms with van der Waals surface area (Å²) in [6, 6.07) is 0. The average molecular weight is 296 g/mol. The lowest BCUT2D eigenvalue weighted by atomic mass is 9.79. The molecule has 0 aromatic carbocycles. The molecule has 0 amide bonds. The Morgan fingerprint density at radius 3 is 2.60 bits per heavy atom. The van der Waals surface area contributed by atoms with Gasteiger partial charge in [0.15, 0.2) is 0 Å². The number of hydrogen-bond donors (Lipinski definition) is 1. The molecule has 0 spiro atoms. The van der Waals surface area contributed by atoms with Gasteiger partial charge in [-0.05, 0) is 37.5 Å². The highest BCUT2D eigenvalue weighted by Crippen LogP contribution is 2.35. The minimum Gasteiger partial charge on any atom is -0.465 e. The van der Waals surface area contributed by atoms with Gasteiger partial charge in [-0.2, -0.15) is 13.2 Å². The maximum Gasteiger partial charge on any atom is 0.414 e. The fraction of sp³-hybridized carbons (Fsp3) is 0.929. The number of halogens is 3. The molecule has 3 nitrogen and oxygen atoms in total.